The summed E-state index contributed by atoms with van der Waals surface area (Å²) >= 11 is 0. The van der Waals surface area contributed by atoms with Crippen LogP contribution in [0.15, 0.2) is 72.9 Å². The van der Waals surface area contributed by atoms with E-state index in [2.05, 4.69) is 93.7 Å². The third-order valence-electron chi connectivity index (χ3n) is 11.2. The predicted octanol–water partition coefficient (Wildman–Crippen LogP) is 17.4. The Morgan fingerprint density at radius 1 is 0.333 bits per heavy atom. The summed E-state index contributed by atoms with van der Waals surface area (Å²) in [5.74, 6) is -0.960. The number of esters is 3. The lowest BCUT2D eigenvalue weighted by molar-refractivity contribution is -0.167. The number of rotatable bonds is 47. The molecule has 0 rings (SSSR count). The number of ether oxygens (including phenoxy) is 3. The van der Waals surface area contributed by atoms with E-state index in [0.29, 0.717) is 19.3 Å². The third kappa shape index (κ3) is 49.7. The van der Waals surface area contributed by atoms with Crippen molar-refractivity contribution in [1.29, 1.82) is 0 Å². The summed E-state index contributed by atoms with van der Waals surface area (Å²) in [4.78, 5) is 38.0. The van der Waals surface area contributed by atoms with Gasteiger partial charge >= 0.3 is 17.9 Å². The summed E-state index contributed by atoms with van der Waals surface area (Å²) in [6.07, 6.45) is 64.6. The molecule has 6 heteroatoms. The van der Waals surface area contributed by atoms with Crippen molar-refractivity contribution in [2.24, 2.45) is 0 Å². The van der Waals surface area contributed by atoms with Crippen LogP contribution in [0.1, 0.15) is 252 Å². The first-order chi connectivity index (χ1) is 31.0. The van der Waals surface area contributed by atoms with E-state index in [1.54, 1.807) is 0 Å². The van der Waals surface area contributed by atoms with Crippen molar-refractivity contribution in [3.8, 4) is 0 Å². The molecule has 0 saturated heterocycles. The van der Waals surface area contributed by atoms with E-state index in [1.165, 1.54) is 116 Å². The van der Waals surface area contributed by atoms with Gasteiger partial charge in [-0.15, -0.1) is 0 Å². The van der Waals surface area contributed by atoms with Crippen molar-refractivity contribution in [2.75, 3.05) is 13.2 Å². The first-order valence-corrected chi connectivity index (χ1v) is 26.4. The fourth-order valence-corrected chi connectivity index (χ4v) is 7.24. The molecule has 0 aromatic carbocycles. The molecule has 0 saturated carbocycles. The lowest BCUT2D eigenvalue weighted by Gasteiger charge is -2.18. The van der Waals surface area contributed by atoms with Crippen LogP contribution in [0.25, 0.3) is 0 Å². The molecule has 362 valence electrons. The first kappa shape index (κ1) is 59.9. The number of hydrogen-bond acceptors (Lipinski definition) is 6. The number of allylic oxidation sites excluding steroid dienone is 12. The maximum absolute atomic E-state index is 12.8. The lowest BCUT2D eigenvalue weighted by atomic mass is 10.0. The standard InChI is InChI=1S/C57H98O6/c1-4-7-10-13-16-19-22-25-27-29-31-32-35-38-41-44-47-50-56(59)62-53-54(52-61-55(58)49-46-43-40-37-34-24-21-18-15-12-9-6-3)63-57(60)51-48-45-42-39-36-33-30-28-26-23-20-17-14-11-8-5-2/h7,10,16,19,25,27-28,30-32,38,41,54H,4-6,8-9,11-15,17-18,20-24,26,29,33-37,39-40,42-53H2,1-3H3/b10-7-,19-16-,27-25-,30-28-,32-31-,41-38-/t54-/m1/s1. The molecule has 0 aliphatic carbocycles. The minimum atomic E-state index is -0.800. The minimum absolute atomic E-state index is 0.0946. The second-order valence-corrected chi connectivity index (χ2v) is 17.4. The van der Waals surface area contributed by atoms with Crippen LogP contribution >= 0.6 is 0 Å². The molecule has 63 heavy (non-hydrogen) atoms. The first-order valence-electron chi connectivity index (χ1n) is 26.4. The molecule has 0 aromatic heterocycles. The van der Waals surface area contributed by atoms with Crippen LogP contribution in [0, 0.1) is 0 Å². The van der Waals surface area contributed by atoms with Crippen LogP contribution in [0.2, 0.25) is 0 Å². The molecule has 0 bridgehead atoms. The lowest BCUT2D eigenvalue weighted by Crippen LogP contribution is -2.30. The second-order valence-electron chi connectivity index (χ2n) is 17.4. The van der Waals surface area contributed by atoms with Gasteiger partial charge in [-0.25, -0.2) is 0 Å². The summed E-state index contributed by atoms with van der Waals surface area (Å²) in [6, 6.07) is 0. The quantitative estimate of drug-likeness (QED) is 0.0262. The molecule has 0 aliphatic rings. The van der Waals surface area contributed by atoms with Gasteiger partial charge in [-0.1, -0.05) is 222 Å². The monoisotopic (exact) mass is 879 g/mol. The van der Waals surface area contributed by atoms with Crippen LogP contribution in [0.4, 0.5) is 0 Å². The molecule has 0 aliphatic heterocycles. The van der Waals surface area contributed by atoms with E-state index in [0.717, 1.165) is 89.9 Å². The van der Waals surface area contributed by atoms with Crippen molar-refractivity contribution in [1.82, 2.24) is 0 Å². The van der Waals surface area contributed by atoms with Gasteiger partial charge in [0.15, 0.2) is 6.10 Å². The Bertz CT molecular complexity index is 1190. The number of carbonyl (C=O) groups excluding carboxylic acids is 3. The third-order valence-corrected chi connectivity index (χ3v) is 11.2. The highest BCUT2D eigenvalue weighted by atomic mass is 16.6. The molecule has 0 aromatic rings. The van der Waals surface area contributed by atoms with Crippen molar-refractivity contribution >= 4 is 17.9 Å². The van der Waals surface area contributed by atoms with Crippen LogP contribution in [0.5, 0.6) is 0 Å². The van der Waals surface area contributed by atoms with Gasteiger partial charge in [-0.3, -0.25) is 14.4 Å². The van der Waals surface area contributed by atoms with Crippen molar-refractivity contribution in [3.05, 3.63) is 72.9 Å². The Balaban J connectivity index is 4.47. The average Bonchev–Trinajstić information content (AvgIpc) is 3.28. The summed E-state index contributed by atoms with van der Waals surface area (Å²) in [5, 5.41) is 0. The molecular weight excluding hydrogens is 781 g/mol. The average molecular weight is 879 g/mol. The van der Waals surface area contributed by atoms with E-state index in [9.17, 15) is 14.4 Å². The van der Waals surface area contributed by atoms with Gasteiger partial charge in [0.05, 0.1) is 0 Å². The van der Waals surface area contributed by atoms with Gasteiger partial charge in [-0.2, -0.15) is 0 Å². The largest absolute Gasteiger partial charge is 0.462 e. The zero-order valence-corrected chi connectivity index (χ0v) is 41.3. The van der Waals surface area contributed by atoms with E-state index < -0.39 is 6.10 Å². The number of carbonyl (C=O) groups is 3. The Labute approximate surface area is 389 Å². The minimum Gasteiger partial charge on any atom is -0.462 e. The van der Waals surface area contributed by atoms with Crippen LogP contribution in [-0.4, -0.2) is 37.2 Å². The summed E-state index contributed by atoms with van der Waals surface area (Å²) in [6.45, 7) is 6.47. The Morgan fingerprint density at radius 3 is 1.05 bits per heavy atom. The molecular formula is C57H98O6. The SMILES string of the molecule is CC/C=C\C/C=C\C/C=C\C/C=C\C/C=C\CCCC(=O)OC[C@@H](COC(=O)CCCCCCCCCCCCCC)OC(=O)CCCCCCC/C=C\CCCCCCCCC. The van der Waals surface area contributed by atoms with Crippen molar-refractivity contribution < 1.29 is 28.6 Å². The van der Waals surface area contributed by atoms with Crippen LogP contribution < -0.4 is 0 Å². The van der Waals surface area contributed by atoms with Crippen LogP contribution in [-0.2, 0) is 28.6 Å². The number of unbranched alkanes of at least 4 members (excludes halogenated alkanes) is 24. The van der Waals surface area contributed by atoms with Gasteiger partial charge < -0.3 is 14.2 Å². The molecule has 6 nitrogen and oxygen atoms in total. The summed E-state index contributed by atoms with van der Waals surface area (Å²) < 4.78 is 16.8. The van der Waals surface area contributed by atoms with Crippen molar-refractivity contribution in [2.45, 2.75) is 258 Å². The zero-order chi connectivity index (χ0) is 45.8. The summed E-state index contributed by atoms with van der Waals surface area (Å²) in [7, 11) is 0. The Morgan fingerprint density at radius 2 is 0.635 bits per heavy atom. The summed E-state index contributed by atoms with van der Waals surface area (Å²) in [5.41, 5.74) is 0. The van der Waals surface area contributed by atoms with Gasteiger partial charge in [-0.05, 0) is 83.5 Å². The fourth-order valence-electron chi connectivity index (χ4n) is 7.24. The molecule has 0 radical (unpaired) electrons. The maximum Gasteiger partial charge on any atom is 0.306 e. The smallest absolute Gasteiger partial charge is 0.306 e. The highest BCUT2D eigenvalue weighted by Gasteiger charge is 2.19. The van der Waals surface area contributed by atoms with E-state index in [1.807, 2.05) is 0 Å². The molecule has 0 spiro atoms. The normalized spacial score (nSPS) is 12.6. The van der Waals surface area contributed by atoms with Crippen molar-refractivity contribution in [3.63, 3.8) is 0 Å². The molecule has 1 atom stereocenters. The van der Waals surface area contributed by atoms with E-state index >= 15 is 0 Å². The highest BCUT2D eigenvalue weighted by molar-refractivity contribution is 5.71. The van der Waals surface area contributed by atoms with Crippen LogP contribution in [0.3, 0.4) is 0 Å². The van der Waals surface area contributed by atoms with E-state index in [4.69, 9.17) is 14.2 Å². The molecule has 0 unspecified atom stereocenters. The van der Waals surface area contributed by atoms with Gasteiger partial charge in [0, 0.05) is 19.3 Å². The Hall–Kier alpha value is -3.15. The molecule has 0 amide bonds. The van der Waals surface area contributed by atoms with Gasteiger partial charge in [0.1, 0.15) is 13.2 Å². The van der Waals surface area contributed by atoms with Gasteiger partial charge in [0.25, 0.3) is 0 Å². The predicted molar refractivity (Wildman–Crippen MR) is 270 cm³/mol. The topological polar surface area (TPSA) is 78.9 Å². The van der Waals surface area contributed by atoms with Gasteiger partial charge in [0.2, 0.25) is 0 Å². The highest BCUT2D eigenvalue weighted by Crippen LogP contribution is 2.15. The number of hydrogen-bond donors (Lipinski definition) is 0. The maximum atomic E-state index is 12.8. The Kier molecular flexibility index (Phi) is 48.9. The molecule has 0 fully saturated rings. The molecule has 0 N–H and O–H groups in total. The molecule has 0 heterocycles. The van der Waals surface area contributed by atoms with E-state index in [-0.39, 0.29) is 37.5 Å². The second kappa shape index (κ2) is 51.5. The fraction of sp³-hybridized carbons (Fsp3) is 0.737. The zero-order valence-electron chi connectivity index (χ0n) is 41.3.